The first kappa shape index (κ1) is 33.1. The molecule has 1 aromatic heterocycles. The number of carbonyl (C=O) groups is 1. The number of benzene rings is 2. The quantitative estimate of drug-likeness (QED) is 0.165. The topological polar surface area (TPSA) is 207 Å². The van der Waals surface area contributed by atoms with E-state index in [9.17, 15) is 26.7 Å². The average Bonchev–Trinajstić information content (AvgIpc) is 3.65. The number of nitrogens with one attached hydrogen (secondary N) is 4. The van der Waals surface area contributed by atoms with Crippen molar-refractivity contribution in [1.29, 1.82) is 0 Å². The number of hydrogen-bond acceptors (Lipinski definition) is 11. The van der Waals surface area contributed by atoms with Gasteiger partial charge in [-0.25, -0.2) is 26.6 Å². The van der Waals surface area contributed by atoms with Crippen LogP contribution in [-0.2, 0) is 45.4 Å². The number of amides is 1. The molecule has 45 heavy (non-hydrogen) atoms. The number of aliphatic hydroxyl groups is 1. The maximum Gasteiger partial charge on any atom is 0.407 e. The molecule has 1 saturated heterocycles. The first-order chi connectivity index (χ1) is 21.4. The summed E-state index contributed by atoms with van der Waals surface area (Å²) in [4.78, 5) is 19.6. The normalized spacial score (nSPS) is 18.8. The molecule has 1 amide bonds. The van der Waals surface area contributed by atoms with E-state index in [1.807, 2.05) is 30.3 Å². The zero-order valence-corrected chi connectivity index (χ0v) is 26.2. The number of anilines is 1. The standard InChI is InChI=1S/C28H37N5O10S2/c1-44(36,37)33-27-29-22-12-11-21(14-23(22)30-27)45(38,39)32-26(42-19-9-5-6-10-19)25(34)24(13-18-7-3-2-4-8-18)31-28(35)43-20-15-40-17-41-16-20/h2-4,7-8,11-12,14,19-20,24-26,32,34H,5-6,9-10,13,15-17H2,1H3,(H,31,35)(H2,29,30,33)/t24-,25+,26?/m0/s1. The van der Waals surface area contributed by atoms with Gasteiger partial charge in [-0.15, -0.1) is 0 Å². The van der Waals surface area contributed by atoms with Crippen molar-refractivity contribution >= 4 is 43.1 Å². The summed E-state index contributed by atoms with van der Waals surface area (Å²) < 4.78 is 77.2. The number of ether oxygens (including phenoxy) is 4. The number of aromatic amines is 1. The van der Waals surface area contributed by atoms with Gasteiger partial charge in [-0.1, -0.05) is 43.2 Å². The van der Waals surface area contributed by atoms with E-state index in [2.05, 4.69) is 24.7 Å². The maximum absolute atomic E-state index is 13.7. The van der Waals surface area contributed by atoms with Crippen LogP contribution in [0.3, 0.4) is 0 Å². The summed E-state index contributed by atoms with van der Waals surface area (Å²) in [5.74, 6) is -0.0686. The van der Waals surface area contributed by atoms with Gasteiger partial charge in [-0.2, -0.15) is 4.72 Å². The lowest BCUT2D eigenvalue weighted by Gasteiger charge is -2.33. The molecule has 2 aromatic carbocycles. The van der Waals surface area contributed by atoms with Gasteiger partial charge in [0.05, 0.1) is 47.5 Å². The fourth-order valence-corrected chi connectivity index (χ4v) is 6.82. The first-order valence-corrected chi connectivity index (χ1v) is 17.8. The molecule has 246 valence electrons. The minimum absolute atomic E-state index is 0.0686. The molecule has 1 saturated carbocycles. The lowest BCUT2D eigenvalue weighted by atomic mass is 10.0. The van der Waals surface area contributed by atoms with Crippen LogP contribution in [0.2, 0.25) is 0 Å². The van der Waals surface area contributed by atoms with E-state index in [0.717, 1.165) is 24.7 Å². The Hall–Kier alpha value is -3.32. The van der Waals surface area contributed by atoms with Crippen LogP contribution in [0.25, 0.3) is 11.0 Å². The molecule has 1 aliphatic carbocycles. The van der Waals surface area contributed by atoms with Gasteiger partial charge in [-0.05, 0) is 43.0 Å². The summed E-state index contributed by atoms with van der Waals surface area (Å²) in [6, 6.07) is 12.1. The molecule has 5 N–H and O–H groups in total. The molecular weight excluding hydrogens is 630 g/mol. The number of nitrogens with zero attached hydrogens (tertiary/aromatic N) is 1. The monoisotopic (exact) mass is 667 g/mol. The molecule has 0 spiro atoms. The summed E-state index contributed by atoms with van der Waals surface area (Å²) in [5.41, 5.74) is 1.37. The molecule has 1 unspecified atom stereocenters. The van der Waals surface area contributed by atoms with Crippen LogP contribution in [-0.4, -0.2) is 94.8 Å². The lowest BCUT2D eigenvalue weighted by Crippen LogP contribution is -2.57. The second-order valence-corrected chi connectivity index (χ2v) is 14.5. The Labute approximate surface area is 261 Å². The van der Waals surface area contributed by atoms with Gasteiger partial charge >= 0.3 is 6.09 Å². The van der Waals surface area contributed by atoms with Gasteiger partial charge in [0.1, 0.15) is 19.1 Å². The lowest BCUT2D eigenvalue weighted by molar-refractivity contribution is -0.152. The highest BCUT2D eigenvalue weighted by Gasteiger charge is 2.36. The van der Waals surface area contributed by atoms with E-state index >= 15 is 0 Å². The van der Waals surface area contributed by atoms with Crippen LogP contribution < -0.4 is 14.8 Å². The van der Waals surface area contributed by atoms with Crippen molar-refractivity contribution in [2.75, 3.05) is 31.0 Å². The van der Waals surface area contributed by atoms with Crippen molar-refractivity contribution < 1.29 is 45.7 Å². The number of H-pyrrole nitrogens is 1. The molecule has 2 fully saturated rings. The molecule has 2 heterocycles. The van der Waals surface area contributed by atoms with E-state index in [4.69, 9.17) is 18.9 Å². The van der Waals surface area contributed by atoms with Crippen molar-refractivity contribution in [2.24, 2.45) is 0 Å². The Morgan fingerprint density at radius 3 is 2.47 bits per heavy atom. The predicted octanol–water partition coefficient (Wildman–Crippen LogP) is 1.57. The minimum atomic E-state index is -4.32. The molecule has 0 radical (unpaired) electrons. The Morgan fingerprint density at radius 1 is 1.07 bits per heavy atom. The Kier molecular flexibility index (Phi) is 10.6. The summed E-state index contributed by atoms with van der Waals surface area (Å²) >= 11 is 0. The van der Waals surface area contributed by atoms with Crippen molar-refractivity contribution in [3.63, 3.8) is 0 Å². The van der Waals surface area contributed by atoms with Gasteiger partial charge in [-0.3, -0.25) is 4.72 Å². The third kappa shape index (κ3) is 9.35. The number of aliphatic hydroxyl groups excluding tert-OH is 1. The third-order valence-electron chi connectivity index (χ3n) is 7.33. The summed E-state index contributed by atoms with van der Waals surface area (Å²) in [6.07, 6.45) is -0.541. The van der Waals surface area contributed by atoms with Crippen molar-refractivity contribution in [2.45, 2.75) is 67.6 Å². The van der Waals surface area contributed by atoms with Crippen LogP contribution in [0.4, 0.5) is 10.7 Å². The highest BCUT2D eigenvalue weighted by molar-refractivity contribution is 7.92. The molecule has 1 aliphatic heterocycles. The molecular formula is C28H37N5O10S2. The van der Waals surface area contributed by atoms with E-state index in [-0.39, 0.29) is 48.9 Å². The zero-order valence-electron chi connectivity index (χ0n) is 24.5. The van der Waals surface area contributed by atoms with Crippen LogP contribution in [0, 0.1) is 0 Å². The number of carbonyl (C=O) groups excluding carboxylic acids is 1. The molecule has 3 aromatic rings. The van der Waals surface area contributed by atoms with Gasteiger partial charge < -0.3 is 34.4 Å². The Bertz CT molecular complexity index is 1660. The Balaban J connectivity index is 1.39. The van der Waals surface area contributed by atoms with Gasteiger partial charge in [0.15, 0.2) is 6.10 Å². The molecule has 15 nitrogen and oxygen atoms in total. The number of hydrogen-bond donors (Lipinski definition) is 5. The number of sulfonamides is 2. The first-order valence-electron chi connectivity index (χ1n) is 14.5. The fraction of sp³-hybridized carbons (Fsp3) is 0.500. The van der Waals surface area contributed by atoms with E-state index in [1.54, 1.807) is 0 Å². The minimum Gasteiger partial charge on any atom is -0.441 e. The number of rotatable bonds is 13. The number of imidazole rings is 1. The van der Waals surface area contributed by atoms with E-state index < -0.39 is 50.6 Å². The maximum atomic E-state index is 13.7. The van der Waals surface area contributed by atoms with Gasteiger partial charge in [0.2, 0.25) is 26.0 Å². The Morgan fingerprint density at radius 2 is 1.78 bits per heavy atom. The highest BCUT2D eigenvalue weighted by Crippen LogP contribution is 2.25. The molecule has 17 heteroatoms. The SMILES string of the molecule is CS(=O)(=O)Nc1nc2ccc(S(=O)(=O)NC(OC3CCCC3)[C@H](O)[C@H](Cc3ccccc3)NC(=O)OC3COCOC3)cc2[nH]1. The second-order valence-electron chi connectivity index (χ2n) is 11.0. The number of fused-ring (bicyclic) bond motifs is 1. The van der Waals surface area contributed by atoms with Crippen molar-refractivity contribution in [3.05, 3.63) is 54.1 Å². The van der Waals surface area contributed by atoms with Crippen LogP contribution in [0.5, 0.6) is 0 Å². The second kappa shape index (κ2) is 14.4. The fourth-order valence-electron chi connectivity index (χ4n) is 5.22. The summed E-state index contributed by atoms with van der Waals surface area (Å²) in [7, 11) is -7.94. The number of aromatic nitrogens is 2. The molecule has 3 atom stereocenters. The summed E-state index contributed by atoms with van der Waals surface area (Å²) in [6.45, 7) is 0.404. The highest BCUT2D eigenvalue weighted by atomic mass is 32.2. The van der Waals surface area contributed by atoms with Crippen molar-refractivity contribution in [1.82, 2.24) is 20.0 Å². The van der Waals surface area contributed by atoms with E-state index in [1.165, 1.54) is 18.2 Å². The summed E-state index contributed by atoms with van der Waals surface area (Å²) in [5, 5.41) is 14.4. The van der Waals surface area contributed by atoms with Crippen molar-refractivity contribution in [3.8, 4) is 0 Å². The van der Waals surface area contributed by atoms with E-state index in [0.29, 0.717) is 18.4 Å². The molecule has 2 aliphatic rings. The van der Waals surface area contributed by atoms with Crippen LogP contribution in [0.15, 0.2) is 53.4 Å². The van der Waals surface area contributed by atoms with Gasteiger partial charge in [0.25, 0.3) is 0 Å². The smallest absolute Gasteiger partial charge is 0.407 e. The third-order valence-corrected chi connectivity index (χ3v) is 9.31. The van der Waals surface area contributed by atoms with Crippen LogP contribution in [0.1, 0.15) is 31.2 Å². The number of alkyl carbamates (subject to hydrolysis) is 1. The zero-order chi connectivity index (χ0) is 32.0. The van der Waals surface area contributed by atoms with Gasteiger partial charge in [0, 0.05) is 0 Å². The van der Waals surface area contributed by atoms with Crippen LogP contribution >= 0.6 is 0 Å². The molecule has 0 bridgehead atoms. The molecule has 5 rings (SSSR count). The predicted molar refractivity (Wildman–Crippen MR) is 162 cm³/mol. The largest absolute Gasteiger partial charge is 0.441 e. The average molecular weight is 668 g/mol.